The van der Waals surface area contributed by atoms with Crippen molar-refractivity contribution in [1.29, 1.82) is 0 Å². The zero-order valence-corrected chi connectivity index (χ0v) is 14.6. The highest BCUT2D eigenvalue weighted by atomic mass is 32.1. The fourth-order valence-electron chi connectivity index (χ4n) is 2.78. The van der Waals surface area contributed by atoms with E-state index in [0.29, 0.717) is 0 Å². The normalized spacial score (nSPS) is 14.1. The summed E-state index contributed by atoms with van der Waals surface area (Å²) in [4.78, 5) is 20.7. The molecule has 0 aromatic carbocycles. The molecule has 0 fully saturated rings. The van der Waals surface area contributed by atoms with Crippen molar-refractivity contribution in [2.24, 2.45) is 0 Å². The molecule has 1 amide bonds. The van der Waals surface area contributed by atoms with Gasteiger partial charge in [0.2, 0.25) is 5.91 Å². The van der Waals surface area contributed by atoms with Crippen LogP contribution in [0, 0.1) is 6.92 Å². The van der Waals surface area contributed by atoms with Crippen LogP contribution in [-0.4, -0.2) is 22.3 Å². The first-order chi connectivity index (χ1) is 11.1. The number of nitrogens with zero attached hydrogens (tertiary/aromatic N) is 2. The number of carbonyl (C=O) groups excluding carboxylic acids is 1. The van der Waals surface area contributed by atoms with Crippen LogP contribution >= 0.6 is 22.7 Å². The van der Waals surface area contributed by atoms with Crippen LogP contribution in [0.3, 0.4) is 0 Å². The zero-order valence-electron chi connectivity index (χ0n) is 13.0. The Morgan fingerprint density at radius 2 is 2.26 bits per heavy atom. The first kappa shape index (κ1) is 14.7. The minimum absolute atomic E-state index is 0.146. The molecule has 4 rings (SSSR count). The standard InChI is InChI=1S/C17H16N2O2S2/c1-10-3-4-14(21-10)17-18-13(9-22-17)16-7-12-8-19(11(2)20)6-5-15(12)23-16/h3-4,7,9H,5-6,8H2,1-2H3. The summed E-state index contributed by atoms with van der Waals surface area (Å²) in [6.07, 6.45) is 0.938. The van der Waals surface area contributed by atoms with Crippen LogP contribution in [0.1, 0.15) is 23.1 Å². The number of hydrogen-bond donors (Lipinski definition) is 0. The summed E-state index contributed by atoms with van der Waals surface area (Å²) in [6.45, 7) is 5.11. The predicted molar refractivity (Wildman–Crippen MR) is 92.7 cm³/mol. The SMILES string of the molecule is CC(=O)N1CCc2sc(-c3csc(-c4ccc(C)o4)n3)cc2C1. The average molecular weight is 344 g/mol. The van der Waals surface area contributed by atoms with Gasteiger partial charge in [0, 0.05) is 30.3 Å². The van der Waals surface area contributed by atoms with E-state index in [0.717, 1.165) is 41.7 Å². The topological polar surface area (TPSA) is 46.3 Å². The Morgan fingerprint density at radius 3 is 3.00 bits per heavy atom. The average Bonchev–Trinajstić information content (AvgIpc) is 3.24. The van der Waals surface area contributed by atoms with E-state index >= 15 is 0 Å². The molecule has 1 aliphatic heterocycles. The molecule has 0 saturated carbocycles. The molecular weight excluding hydrogens is 328 g/mol. The van der Waals surface area contributed by atoms with Crippen LogP contribution in [0.4, 0.5) is 0 Å². The molecule has 0 atom stereocenters. The van der Waals surface area contributed by atoms with Gasteiger partial charge in [0.05, 0.1) is 10.6 Å². The number of amides is 1. The Labute approximate surface area is 142 Å². The van der Waals surface area contributed by atoms with Gasteiger partial charge in [-0.15, -0.1) is 22.7 Å². The van der Waals surface area contributed by atoms with Gasteiger partial charge < -0.3 is 9.32 Å². The summed E-state index contributed by atoms with van der Waals surface area (Å²) in [7, 11) is 0. The van der Waals surface area contributed by atoms with Crippen molar-refractivity contribution in [2.45, 2.75) is 26.8 Å². The van der Waals surface area contributed by atoms with Crippen molar-refractivity contribution in [3.63, 3.8) is 0 Å². The van der Waals surface area contributed by atoms with Crippen LogP contribution in [-0.2, 0) is 17.8 Å². The molecule has 0 saturated heterocycles. The van der Waals surface area contributed by atoms with Gasteiger partial charge in [-0.2, -0.15) is 0 Å². The monoisotopic (exact) mass is 344 g/mol. The largest absolute Gasteiger partial charge is 0.459 e. The highest BCUT2D eigenvalue weighted by Crippen LogP contribution is 2.37. The second kappa shape index (κ2) is 5.62. The molecule has 0 aliphatic carbocycles. The fraction of sp³-hybridized carbons (Fsp3) is 0.294. The van der Waals surface area contributed by atoms with Crippen LogP contribution < -0.4 is 0 Å². The number of furan rings is 1. The zero-order chi connectivity index (χ0) is 16.0. The first-order valence-corrected chi connectivity index (χ1v) is 9.19. The third-order valence-corrected chi connectivity index (χ3v) is 6.14. The van der Waals surface area contributed by atoms with Gasteiger partial charge in [0.15, 0.2) is 10.8 Å². The predicted octanol–water partition coefficient (Wildman–Crippen LogP) is 4.34. The van der Waals surface area contributed by atoms with Crippen molar-refractivity contribution >= 4 is 28.6 Å². The summed E-state index contributed by atoms with van der Waals surface area (Å²) in [5.74, 6) is 1.86. The van der Waals surface area contributed by atoms with Gasteiger partial charge in [-0.05, 0) is 37.1 Å². The third kappa shape index (κ3) is 2.72. The number of carbonyl (C=O) groups is 1. The van der Waals surface area contributed by atoms with Crippen LogP contribution in [0.2, 0.25) is 0 Å². The minimum atomic E-state index is 0.146. The molecule has 1 aliphatic rings. The van der Waals surface area contributed by atoms with Gasteiger partial charge in [0.1, 0.15) is 5.76 Å². The number of aromatic nitrogens is 1. The molecule has 3 aromatic heterocycles. The third-order valence-electron chi connectivity index (χ3n) is 4.02. The van der Waals surface area contributed by atoms with Crippen molar-refractivity contribution in [3.8, 4) is 21.3 Å². The van der Waals surface area contributed by atoms with Crippen LogP contribution in [0.25, 0.3) is 21.3 Å². The van der Waals surface area contributed by atoms with Crippen LogP contribution in [0.15, 0.2) is 28.0 Å². The maximum atomic E-state index is 11.6. The quantitative estimate of drug-likeness (QED) is 0.694. The molecular formula is C17H16N2O2S2. The van der Waals surface area contributed by atoms with Gasteiger partial charge in [-0.1, -0.05) is 0 Å². The molecule has 23 heavy (non-hydrogen) atoms. The second-order valence-corrected chi connectivity index (χ2v) is 7.69. The Hall–Kier alpha value is -1.92. The molecule has 4 nitrogen and oxygen atoms in total. The first-order valence-electron chi connectivity index (χ1n) is 7.50. The second-order valence-electron chi connectivity index (χ2n) is 5.70. The Morgan fingerprint density at radius 1 is 1.39 bits per heavy atom. The van der Waals surface area contributed by atoms with E-state index in [1.165, 1.54) is 15.3 Å². The van der Waals surface area contributed by atoms with Crippen molar-refractivity contribution in [3.05, 3.63) is 39.8 Å². The molecule has 0 N–H and O–H groups in total. The Kier molecular flexibility index (Phi) is 3.58. The Balaban J connectivity index is 1.63. The van der Waals surface area contributed by atoms with Gasteiger partial charge in [-0.25, -0.2) is 4.98 Å². The number of aryl methyl sites for hydroxylation is 1. The van der Waals surface area contributed by atoms with E-state index in [-0.39, 0.29) is 5.91 Å². The molecule has 118 valence electrons. The molecule has 6 heteroatoms. The number of fused-ring (bicyclic) bond motifs is 1. The highest BCUT2D eigenvalue weighted by molar-refractivity contribution is 7.17. The van der Waals surface area contributed by atoms with Crippen molar-refractivity contribution in [2.75, 3.05) is 6.54 Å². The summed E-state index contributed by atoms with van der Waals surface area (Å²) in [5, 5.41) is 2.98. The molecule has 3 aromatic rings. The molecule has 0 radical (unpaired) electrons. The number of hydrogen-bond acceptors (Lipinski definition) is 5. The smallest absolute Gasteiger partial charge is 0.219 e. The maximum Gasteiger partial charge on any atom is 0.219 e. The summed E-state index contributed by atoms with van der Waals surface area (Å²) in [5.41, 5.74) is 2.25. The van der Waals surface area contributed by atoms with Crippen molar-refractivity contribution in [1.82, 2.24) is 9.88 Å². The number of thiophene rings is 1. The lowest BCUT2D eigenvalue weighted by Gasteiger charge is -2.25. The van der Waals surface area contributed by atoms with Gasteiger partial charge in [-0.3, -0.25) is 4.79 Å². The lowest BCUT2D eigenvalue weighted by atomic mass is 10.1. The summed E-state index contributed by atoms with van der Waals surface area (Å²) in [6, 6.07) is 6.10. The van der Waals surface area contributed by atoms with E-state index < -0.39 is 0 Å². The fourth-order valence-corrected chi connectivity index (χ4v) is 4.76. The molecule has 4 heterocycles. The Bertz CT molecular complexity index is 875. The van der Waals surface area contributed by atoms with E-state index in [2.05, 4.69) is 11.4 Å². The maximum absolute atomic E-state index is 11.6. The van der Waals surface area contributed by atoms with E-state index in [1.807, 2.05) is 24.0 Å². The molecule has 0 unspecified atom stereocenters. The summed E-state index contributed by atoms with van der Waals surface area (Å²) >= 11 is 3.39. The van der Waals surface area contributed by atoms with Gasteiger partial charge in [0.25, 0.3) is 0 Å². The lowest BCUT2D eigenvalue weighted by Crippen LogP contribution is -2.33. The lowest BCUT2D eigenvalue weighted by molar-refractivity contribution is -0.129. The van der Waals surface area contributed by atoms with Gasteiger partial charge >= 0.3 is 0 Å². The minimum Gasteiger partial charge on any atom is -0.459 e. The summed E-state index contributed by atoms with van der Waals surface area (Å²) < 4.78 is 5.65. The number of rotatable bonds is 2. The van der Waals surface area contributed by atoms with E-state index in [9.17, 15) is 4.79 Å². The van der Waals surface area contributed by atoms with Crippen LogP contribution in [0.5, 0.6) is 0 Å². The highest BCUT2D eigenvalue weighted by Gasteiger charge is 2.22. The van der Waals surface area contributed by atoms with E-state index in [4.69, 9.17) is 9.40 Å². The van der Waals surface area contributed by atoms with Crippen molar-refractivity contribution < 1.29 is 9.21 Å². The number of thiazole rings is 1. The van der Waals surface area contributed by atoms with E-state index in [1.54, 1.807) is 29.6 Å². The molecule has 0 spiro atoms. The molecule has 0 bridgehead atoms.